The number of esters is 1. The van der Waals surface area contributed by atoms with E-state index in [0.717, 1.165) is 48.8 Å². The molecule has 1 aromatic carbocycles. The summed E-state index contributed by atoms with van der Waals surface area (Å²) >= 11 is 0. The lowest BCUT2D eigenvalue weighted by atomic mass is 9.99. The molecule has 0 N–H and O–H groups in total. The van der Waals surface area contributed by atoms with Gasteiger partial charge < -0.3 is 4.74 Å². The van der Waals surface area contributed by atoms with Gasteiger partial charge in [-0.05, 0) is 37.3 Å². The molecule has 0 fully saturated rings. The standard InChI is InChI=1S/C20H28O3/c1-16(18-12-14-19(15-13-18)17(2)21)10-8-6-4-5-7-9-11-20(22)23-3/h12-15H,1,4-11H2,2-3H3. The molecule has 0 aliphatic rings. The summed E-state index contributed by atoms with van der Waals surface area (Å²) in [6.07, 6.45) is 8.19. The Morgan fingerprint density at radius 2 is 1.35 bits per heavy atom. The van der Waals surface area contributed by atoms with Crippen LogP contribution in [0.15, 0.2) is 30.8 Å². The molecule has 3 heteroatoms. The maximum Gasteiger partial charge on any atom is 0.305 e. The minimum Gasteiger partial charge on any atom is -0.469 e. The number of carbonyl (C=O) groups is 2. The summed E-state index contributed by atoms with van der Waals surface area (Å²) in [5.41, 5.74) is 2.99. The second kappa shape index (κ2) is 10.8. The van der Waals surface area contributed by atoms with E-state index in [4.69, 9.17) is 0 Å². The molecule has 0 amide bonds. The number of hydrogen-bond acceptors (Lipinski definition) is 3. The first-order valence-electron chi connectivity index (χ1n) is 8.40. The predicted molar refractivity (Wildman–Crippen MR) is 94.4 cm³/mol. The van der Waals surface area contributed by atoms with E-state index in [-0.39, 0.29) is 11.8 Å². The second-order valence-electron chi connectivity index (χ2n) is 5.93. The molecule has 0 aliphatic carbocycles. The molecule has 0 spiro atoms. The molecule has 0 radical (unpaired) electrons. The van der Waals surface area contributed by atoms with Gasteiger partial charge in [-0.2, -0.15) is 0 Å². The number of hydrogen-bond donors (Lipinski definition) is 0. The maximum atomic E-state index is 11.3. The van der Waals surface area contributed by atoms with Crippen molar-refractivity contribution in [2.24, 2.45) is 0 Å². The highest BCUT2D eigenvalue weighted by molar-refractivity contribution is 5.94. The number of benzene rings is 1. The SMILES string of the molecule is C=C(CCCCCCCCC(=O)OC)c1ccc(C(C)=O)cc1. The Balaban J connectivity index is 2.12. The Kier molecular flexibility index (Phi) is 8.96. The first-order chi connectivity index (χ1) is 11.0. The normalized spacial score (nSPS) is 10.3. The molecule has 0 saturated heterocycles. The van der Waals surface area contributed by atoms with Crippen LogP contribution < -0.4 is 0 Å². The van der Waals surface area contributed by atoms with Gasteiger partial charge in [0, 0.05) is 12.0 Å². The van der Waals surface area contributed by atoms with Crippen molar-refractivity contribution < 1.29 is 14.3 Å². The second-order valence-corrected chi connectivity index (χ2v) is 5.93. The lowest BCUT2D eigenvalue weighted by molar-refractivity contribution is -0.140. The molecular formula is C20H28O3. The van der Waals surface area contributed by atoms with E-state index in [0.29, 0.717) is 6.42 Å². The van der Waals surface area contributed by atoms with E-state index in [1.807, 2.05) is 24.3 Å². The van der Waals surface area contributed by atoms with Gasteiger partial charge in [-0.1, -0.05) is 56.5 Å². The fraction of sp³-hybridized carbons (Fsp3) is 0.500. The monoisotopic (exact) mass is 316 g/mol. The van der Waals surface area contributed by atoms with Crippen LogP contribution in [-0.2, 0) is 9.53 Å². The lowest BCUT2D eigenvalue weighted by Crippen LogP contribution is -1.99. The largest absolute Gasteiger partial charge is 0.469 e. The molecule has 0 unspecified atom stereocenters. The van der Waals surface area contributed by atoms with Gasteiger partial charge in [0.2, 0.25) is 0 Å². The summed E-state index contributed by atoms with van der Waals surface area (Å²) in [5, 5.41) is 0. The van der Waals surface area contributed by atoms with Crippen LogP contribution in [0.1, 0.15) is 74.2 Å². The molecule has 23 heavy (non-hydrogen) atoms. The van der Waals surface area contributed by atoms with Crippen molar-refractivity contribution in [1.29, 1.82) is 0 Å². The molecule has 0 bridgehead atoms. The van der Waals surface area contributed by atoms with Gasteiger partial charge in [-0.15, -0.1) is 0 Å². The summed E-state index contributed by atoms with van der Waals surface area (Å²) in [4.78, 5) is 22.2. The van der Waals surface area contributed by atoms with Crippen molar-refractivity contribution in [3.63, 3.8) is 0 Å². The molecule has 3 nitrogen and oxygen atoms in total. The minimum absolute atomic E-state index is 0.0920. The number of Topliss-reactive ketones (excluding diaryl/α,β-unsaturated/α-hetero) is 1. The number of allylic oxidation sites excluding steroid dienone is 1. The number of unbranched alkanes of at least 4 members (excludes halogenated alkanes) is 5. The van der Waals surface area contributed by atoms with Crippen molar-refractivity contribution in [2.45, 2.75) is 58.3 Å². The third-order valence-electron chi connectivity index (χ3n) is 4.04. The van der Waals surface area contributed by atoms with E-state index < -0.39 is 0 Å². The topological polar surface area (TPSA) is 43.4 Å². The van der Waals surface area contributed by atoms with Crippen LogP contribution in [0.3, 0.4) is 0 Å². The molecule has 0 heterocycles. The zero-order valence-electron chi connectivity index (χ0n) is 14.4. The Hall–Kier alpha value is -1.90. The highest BCUT2D eigenvalue weighted by Gasteiger charge is 2.03. The van der Waals surface area contributed by atoms with Crippen molar-refractivity contribution in [2.75, 3.05) is 7.11 Å². The van der Waals surface area contributed by atoms with Gasteiger partial charge in [0.15, 0.2) is 5.78 Å². The number of carbonyl (C=O) groups excluding carboxylic acids is 2. The van der Waals surface area contributed by atoms with E-state index in [1.54, 1.807) is 6.92 Å². The van der Waals surface area contributed by atoms with E-state index in [2.05, 4.69) is 11.3 Å². The predicted octanol–water partition coefficient (Wildman–Crippen LogP) is 5.20. The molecule has 0 atom stereocenters. The van der Waals surface area contributed by atoms with E-state index in [9.17, 15) is 9.59 Å². The van der Waals surface area contributed by atoms with Crippen LogP contribution in [0, 0.1) is 0 Å². The lowest BCUT2D eigenvalue weighted by Gasteiger charge is -2.07. The Labute approximate surface area is 139 Å². The van der Waals surface area contributed by atoms with Gasteiger partial charge in [0.05, 0.1) is 7.11 Å². The van der Waals surface area contributed by atoms with Gasteiger partial charge in [0.25, 0.3) is 0 Å². The Morgan fingerprint density at radius 1 is 0.870 bits per heavy atom. The number of ether oxygens (including phenoxy) is 1. The first-order valence-corrected chi connectivity index (χ1v) is 8.40. The number of ketones is 1. The highest BCUT2D eigenvalue weighted by atomic mass is 16.5. The molecule has 1 aromatic rings. The number of methoxy groups -OCH3 is 1. The molecule has 0 aromatic heterocycles. The maximum absolute atomic E-state index is 11.3. The van der Waals surface area contributed by atoms with Crippen LogP contribution in [-0.4, -0.2) is 18.9 Å². The third kappa shape index (κ3) is 7.78. The molecular weight excluding hydrogens is 288 g/mol. The van der Waals surface area contributed by atoms with Crippen LogP contribution in [0.4, 0.5) is 0 Å². The molecule has 0 aliphatic heterocycles. The van der Waals surface area contributed by atoms with E-state index >= 15 is 0 Å². The van der Waals surface area contributed by atoms with Gasteiger partial charge >= 0.3 is 5.97 Å². The van der Waals surface area contributed by atoms with E-state index in [1.165, 1.54) is 20.0 Å². The fourth-order valence-electron chi connectivity index (χ4n) is 2.50. The highest BCUT2D eigenvalue weighted by Crippen LogP contribution is 2.20. The smallest absolute Gasteiger partial charge is 0.305 e. The average Bonchev–Trinajstić information content (AvgIpc) is 2.56. The summed E-state index contributed by atoms with van der Waals surface area (Å²) in [6, 6.07) is 7.69. The Morgan fingerprint density at radius 3 is 1.87 bits per heavy atom. The first kappa shape index (κ1) is 19.1. The summed E-state index contributed by atoms with van der Waals surface area (Å²) in [6.45, 7) is 5.72. The number of rotatable bonds is 11. The molecule has 0 saturated carbocycles. The Bertz CT molecular complexity index is 514. The van der Waals surface area contributed by atoms with Crippen LogP contribution >= 0.6 is 0 Å². The zero-order chi connectivity index (χ0) is 17.1. The summed E-state index contributed by atoms with van der Waals surface area (Å²) in [5.74, 6) is -0.0218. The summed E-state index contributed by atoms with van der Waals surface area (Å²) < 4.78 is 4.62. The molecule has 1 rings (SSSR count). The fourth-order valence-corrected chi connectivity index (χ4v) is 2.50. The molecule has 126 valence electrons. The van der Waals surface area contributed by atoms with Gasteiger partial charge in [-0.25, -0.2) is 0 Å². The summed E-state index contributed by atoms with van der Waals surface area (Å²) in [7, 11) is 1.43. The van der Waals surface area contributed by atoms with Crippen LogP contribution in [0.5, 0.6) is 0 Å². The van der Waals surface area contributed by atoms with Crippen molar-refractivity contribution >= 4 is 17.3 Å². The quantitative estimate of drug-likeness (QED) is 0.320. The zero-order valence-corrected chi connectivity index (χ0v) is 14.4. The minimum atomic E-state index is -0.114. The van der Waals surface area contributed by atoms with Gasteiger partial charge in [0.1, 0.15) is 0 Å². The van der Waals surface area contributed by atoms with Crippen molar-refractivity contribution in [1.82, 2.24) is 0 Å². The average molecular weight is 316 g/mol. The van der Waals surface area contributed by atoms with Crippen molar-refractivity contribution in [3.8, 4) is 0 Å². The van der Waals surface area contributed by atoms with Crippen LogP contribution in [0.2, 0.25) is 0 Å². The van der Waals surface area contributed by atoms with Crippen LogP contribution in [0.25, 0.3) is 5.57 Å². The van der Waals surface area contributed by atoms with Gasteiger partial charge in [-0.3, -0.25) is 9.59 Å². The van der Waals surface area contributed by atoms with Crippen molar-refractivity contribution in [3.05, 3.63) is 42.0 Å². The third-order valence-corrected chi connectivity index (χ3v) is 4.04.